The maximum Gasteiger partial charge on any atom is 0.391 e. The lowest BCUT2D eigenvalue weighted by Crippen LogP contribution is -2.34. The summed E-state index contributed by atoms with van der Waals surface area (Å²) >= 11 is 2.07. The van der Waals surface area contributed by atoms with Gasteiger partial charge in [0.1, 0.15) is 22.1 Å². The highest BCUT2D eigenvalue weighted by Crippen LogP contribution is 2.47. The molecule has 2 aliphatic rings. The van der Waals surface area contributed by atoms with E-state index in [0.29, 0.717) is 33.1 Å². The Hall–Kier alpha value is -5.40. The molecule has 2 fully saturated rings. The Labute approximate surface area is 309 Å². The maximum absolute atomic E-state index is 13.5. The molecule has 53 heavy (non-hydrogen) atoms. The Bertz CT molecular complexity index is 2570. The average Bonchev–Trinajstić information content (AvgIpc) is 3.90. The summed E-state index contributed by atoms with van der Waals surface area (Å²) in [5.74, 6) is -4.90. The molecule has 0 bridgehead atoms. The zero-order chi connectivity index (χ0) is 36.6. The first-order valence-corrected chi connectivity index (χ1v) is 18.6. The summed E-state index contributed by atoms with van der Waals surface area (Å²) in [5, 5.41) is 1.47. The molecule has 3 atom stereocenters. The number of hydrogen-bond donors (Lipinski definition) is 0. The van der Waals surface area contributed by atoms with Crippen molar-refractivity contribution in [3.8, 4) is 11.1 Å². The van der Waals surface area contributed by atoms with Gasteiger partial charge in [0.05, 0.1) is 40.8 Å². The molecule has 0 saturated heterocycles. The molecule has 2 aromatic heterocycles. The van der Waals surface area contributed by atoms with Crippen molar-refractivity contribution in [1.29, 1.82) is 0 Å². The van der Waals surface area contributed by atoms with Crippen LogP contribution in [0.3, 0.4) is 0 Å². The number of carbonyl (C=O) groups excluding carboxylic acids is 2. The topological polar surface area (TPSA) is 101 Å². The van der Waals surface area contributed by atoms with Crippen LogP contribution < -0.4 is 4.90 Å². The van der Waals surface area contributed by atoms with Crippen LogP contribution in [0.4, 0.5) is 35.9 Å². The Balaban J connectivity index is 1.12. The molecule has 0 radical (unpaired) electrons. The maximum atomic E-state index is 13.5. The molecule has 13 heteroatoms. The molecular formula is C40H29F3N6O2S2. The average molecular weight is 747 g/mol. The molecule has 264 valence electrons. The second-order valence-corrected chi connectivity index (χ2v) is 14.9. The summed E-state index contributed by atoms with van der Waals surface area (Å²) in [5.41, 5.74) is 9.84. The van der Waals surface area contributed by atoms with Crippen molar-refractivity contribution in [2.75, 3.05) is 4.90 Å². The molecule has 0 N–H and O–H groups in total. The third-order valence-corrected chi connectivity index (χ3v) is 11.6. The van der Waals surface area contributed by atoms with Crippen molar-refractivity contribution < 1.29 is 22.8 Å². The number of aryl methyl sites for hydroxylation is 2. The van der Waals surface area contributed by atoms with Crippen molar-refractivity contribution in [3.05, 3.63) is 96.1 Å². The first kappa shape index (κ1) is 33.4. The Morgan fingerprint density at radius 1 is 0.679 bits per heavy atom. The number of hydrogen-bond acceptors (Lipinski definition) is 10. The fraction of sp³-hybridized carbons (Fsp3) is 0.225. The number of aliphatic imine (C=N–C) groups is 1. The van der Waals surface area contributed by atoms with Crippen LogP contribution in [-0.2, 0) is 9.59 Å². The minimum absolute atomic E-state index is 0.00366. The number of Topliss-reactive ketones (excluding diaryl/α,β-unsaturated/α-hetero) is 2. The van der Waals surface area contributed by atoms with E-state index in [2.05, 4.69) is 114 Å². The number of rotatable bonds is 5. The van der Waals surface area contributed by atoms with Crippen molar-refractivity contribution in [3.63, 3.8) is 0 Å². The van der Waals surface area contributed by atoms with Crippen molar-refractivity contribution >= 4 is 96.3 Å². The van der Waals surface area contributed by atoms with E-state index < -0.39 is 41.9 Å². The summed E-state index contributed by atoms with van der Waals surface area (Å²) in [6, 6.07) is 28.9. The van der Waals surface area contributed by atoms with Gasteiger partial charge in [0.25, 0.3) is 0 Å². The minimum Gasteiger partial charge on any atom is -0.311 e. The van der Waals surface area contributed by atoms with E-state index in [1.54, 1.807) is 6.07 Å². The lowest BCUT2D eigenvalue weighted by atomic mass is 9.75. The van der Waals surface area contributed by atoms with Crippen molar-refractivity contribution in [2.45, 2.75) is 39.3 Å². The number of carbonyl (C=O) groups is 2. The summed E-state index contributed by atoms with van der Waals surface area (Å²) in [6.45, 7) is 4.14. The largest absolute Gasteiger partial charge is 0.391 e. The lowest BCUT2D eigenvalue weighted by molar-refractivity contribution is -0.187. The SMILES string of the molecule is Cc1ccc(N(c2ccc(C)cc2)c2ccc(-c3cc4c(cc(N=C5C(=O)C(=O)C6CC(C(F)(F)F)CCC56)c5nsnc54)c4nsnc34)cc2)cc1. The smallest absolute Gasteiger partial charge is 0.311 e. The zero-order valence-electron chi connectivity index (χ0n) is 28.4. The van der Waals surface area contributed by atoms with Gasteiger partial charge >= 0.3 is 6.18 Å². The number of benzene rings is 5. The Kier molecular flexibility index (Phi) is 7.97. The number of ketones is 2. The van der Waals surface area contributed by atoms with Crippen LogP contribution in [0.25, 0.3) is 44.0 Å². The molecular weight excluding hydrogens is 718 g/mol. The van der Waals surface area contributed by atoms with E-state index in [0.717, 1.165) is 57.0 Å². The van der Waals surface area contributed by atoms with Gasteiger partial charge in [0.2, 0.25) is 11.6 Å². The van der Waals surface area contributed by atoms with E-state index in [1.165, 1.54) is 11.1 Å². The number of nitrogens with zero attached hydrogens (tertiary/aromatic N) is 6. The zero-order valence-corrected chi connectivity index (χ0v) is 30.0. The molecule has 0 aliphatic heterocycles. The summed E-state index contributed by atoms with van der Waals surface area (Å²) < 4.78 is 59.1. The minimum atomic E-state index is -4.41. The number of anilines is 3. The molecule has 8 nitrogen and oxygen atoms in total. The van der Waals surface area contributed by atoms with Gasteiger partial charge in [-0.1, -0.05) is 47.5 Å². The van der Waals surface area contributed by atoms with Crippen molar-refractivity contribution in [1.82, 2.24) is 17.5 Å². The molecule has 9 rings (SSSR count). The third kappa shape index (κ3) is 5.69. The summed E-state index contributed by atoms with van der Waals surface area (Å²) in [4.78, 5) is 33.0. The highest BCUT2D eigenvalue weighted by molar-refractivity contribution is 7.00. The van der Waals surface area contributed by atoms with Gasteiger partial charge < -0.3 is 4.90 Å². The highest BCUT2D eigenvalue weighted by Gasteiger charge is 2.54. The van der Waals surface area contributed by atoms with Crippen LogP contribution in [0.2, 0.25) is 0 Å². The molecule has 2 aliphatic carbocycles. The fourth-order valence-electron chi connectivity index (χ4n) is 7.78. The third-order valence-electron chi connectivity index (χ3n) is 10.6. The highest BCUT2D eigenvalue weighted by atomic mass is 32.1. The van der Waals surface area contributed by atoms with Gasteiger partial charge in [-0.25, -0.2) is 4.99 Å². The number of halogens is 3. The summed E-state index contributed by atoms with van der Waals surface area (Å²) in [7, 11) is 0. The van der Waals surface area contributed by atoms with Gasteiger partial charge in [-0.15, -0.1) is 0 Å². The van der Waals surface area contributed by atoms with E-state index >= 15 is 0 Å². The first-order valence-electron chi connectivity index (χ1n) is 17.2. The molecule has 3 unspecified atom stereocenters. The number of fused-ring (bicyclic) bond motifs is 6. The van der Waals surface area contributed by atoms with E-state index in [9.17, 15) is 22.8 Å². The van der Waals surface area contributed by atoms with Crippen LogP contribution in [-0.4, -0.2) is 40.9 Å². The van der Waals surface area contributed by atoms with Gasteiger partial charge in [0.15, 0.2) is 0 Å². The van der Waals surface area contributed by atoms with Crippen LogP contribution in [0.5, 0.6) is 0 Å². The van der Waals surface area contributed by atoms with Gasteiger partial charge in [-0.2, -0.15) is 30.7 Å². The van der Waals surface area contributed by atoms with Gasteiger partial charge in [-0.3, -0.25) is 9.59 Å². The van der Waals surface area contributed by atoms with E-state index in [1.807, 2.05) is 6.07 Å². The predicted molar refractivity (Wildman–Crippen MR) is 203 cm³/mol. The molecule has 5 aromatic carbocycles. The number of aromatic nitrogens is 4. The first-order chi connectivity index (χ1) is 25.5. The van der Waals surface area contributed by atoms with Gasteiger partial charge in [0, 0.05) is 45.2 Å². The molecule has 0 spiro atoms. The molecule has 7 aromatic rings. The number of alkyl halides is 3. The van der Waals surface area contributed by atoms with Crippen LogP contribution in [0, 0.1) is 31.6 Å². The van der Waals surface area contributed by atoms with Crippen molar-refractivity contribution in [2.24, 2.45) is 22.7 Å². The van der Waals surface area contributed by atoms with E-state index in [-0.39, 0.29) is 18.6 Å². The molecule has 2 heterocycles. The Morgan fingerprint density at radius 3 is 1.81 bits per heavy atom. The van der Waals surface area contributed by atoms with Crippen LogP contribution in [0.15, 0.2) is 89.9 Å². The monoisotopic (exact) mass is 746 g/mol. The fourth-order valence-corrected chi connectivity index (χ4v) is 8.92. The molecule has 0 amide bonds. The lowest BCUT2D eigenvalue weighted by Gasteiger charge is -2.31. The van der Waals surface area contributed by atoms with Gasteiger partial charge in [-0.05, 0) is 87.2 Å². The summed E-state index contributed by atoms with van der Waals surface area (Å²) in [6.07, 6.45) is -4.90. The van der Waals surface area contributed by atoms with E-state index in [4.69, 9.17) is 0 Å². The van der Waals surface area contributed by atoms with Crippen LogP contribution >= 0.6 is 23.5 Å². The standard InChI is InChI=1S/C40H29F3N6O2S2/c1-20-3-10-24(11-4-20)49(25-12-5-21(2)6-13-25)26-14-7-22(8-15-26)28-18-29-30(34-33(28)45-52-46-34)19-32(37-35(29)47-53-48-37)44-36-27-16-9-23(40(41,42)43)17-31(27)38(50)39(36)51/h3-8,10-15,18-19,23,27,31H,9,16-17H2,1-2H3. The predicted octanol–water partition coefficient (Wildman–Crippen LogP) is 10.4. The van der Waals surface area contributed by atoms with Crippen LogP contribution in [0.1, 0.15) is 30.4 Å². The molecule has 2 saturated carbocycles. The second-order valence-electron chi connectivity index (χ2n) is 13.8. The quantitative estimate of drug-likeness (QED) is 0.162. The second kappa shape index (κ2) is 12.6. The Morgan fingerprint density at radius 2 is 1.21 bits per heavy atom. The normalized spacial score (nSPS) is 19.9.